The van der Waals surface area contributed by atoms with Crippen molar-refractivity contribution < 1.29 is 0 Å². The van der Waals surface area contributed by atoms with E-state index in [0.29, 0.717) is 0 Å². The fourth-order valence-corrected chi connectivity index (χ4v) is 4.82. The number of likely N-dealkylation sites (tertiary alicyclic amines) is 1. The summed E-state index contributed by atoms with van der Waals surface area (Å²) in [6, 6.07) is 5.10. The van der Waals surface area contributed by atoms with Crippen molar-refractivity contribution in [1.29, 1.82) is 0 Å². The van der Waals surface area contributed by atoms with Gasteiger partial charge in [-0.2, -0.15) is 0 Å². The Labute approximate surface area is 163 Å². The minimum atomic E-state index is 0.791. The van der Waals surface area contributed by atoms with Crippen LogP contribution in [0.5, 0.6) is 0 Å². The van der Waals surface area contributed by atoms with E-state index in [9.17, 15) is 0 Å². The van der Waals surface area contributed by atoms with Crippen molar-refractivity contribution in [1.82, 2.24) is 24.3 Å². The molecule has 0 aromatic carbocycles. The number of rotatable bonds is 7. The van der Waals surface area contributed by atoms with Crippen LogP contribution in [0.2, 0.25) is 0 Å². The standard InChI is InChI=1S/C22H33N5/c1-25-14-11-24-22(25)18-26(17-20-5-4-10-23-15-20)16-19-8-12-27(13-9-19)21-6-2-3-7-21/h4-5,10-11,14-15,19,21H,2-3,6-9,12-13,16-18H2,1H3. The summed E-state index contributed by atoms with van der Waals surface area (Å²) in [7, 11) is 2.09. The molecule has 0 amide bonds. The van der Waals surface area contributed by atoms with Gasteiger partial charge in [0, 0.05) is 51.0 Å². The maximum Gasteiger partial charge on any atom is 0.122 e. The monoisotopic (exact) mass is 367 g/mol. The third-order valence-corrected chi connectivity index (χ3v) is 6.42. The number of pyridine rings is 1. The van der Waals surface area contributed by atoms with E-state index in [1.165, 1.54) is 57.2 Å². The largest absolute Gasteiger partial charge is 0.337 e. The Kier molecular flexibility index (Phi) is 6.20. The molecule has 0 atom stereocenters. The van der Waals surface area contributed by atoms with E-state index in [-0.39, 0.29) is 0 Å². The Balaban J connectivity index is 1.36. The van der Waals surface area contributed by atoms with Gasteiger partial charge in [-0.3, -0.25) is 9.88 Å². The number of piperidine rings is 1. The minimum absolute atomic E-state index is 0.791. The molecule has 0 bridgehead atoms. The second-order valence-electron chi connectivity index (χ2n) is 8.40. The average Bonchev–Trinajstić information content (AvgIpc) is 3.36. The average molecular weight is 368 g/mol. The van der Waals surface area contributed by atoms with Crippen LogP contribution in [-0.4, -0.2) is 50.0 Å². The highest BCUT2D eigenvalue weighted by molar-refractivity contribution is 5.08. The van der Waals surface area contributed by atoms with Gasteiger partial charge < -0.3 is 9.47 Å². The van der Waals surface area contributed by atoms with E-state index >= 15 is 0 Å². The van der Waals surface area contributed by atoms with Gasteiger partial charge >= 0.3 is 0 Å². The first-order chi connectivity index (χ1) is 13.3. The summed E-state index contributed by atoms with van der Waals surface area (Å²) in [4.78, 5) is 14.2. The molecule has 3 heterocycles. The molecule has 0 unspecified atom stereocenters. The van der Waals surface area contributed by atoms with Gasteiger partial charge in [0.05, 0.1) is 6.54 Å². The Morgan fingerprint density at radius 2 is 1.89 bits per heavy atom. The number of hydrogen-bond donors (Lipinski definition) is 0. The smallest absolute Gasteiger partial charge is 0.122 e. The van der Waals surface area contributed by atoms with Crippen molar-refractivity contribution in [2.75, 3.05) is 19.6 Å². The summed E-state index contributed by atoms with van der Waals surface area (Å²) in [5.41, 5.74) is 1.29. The molecule has 0 radical (unpaired) electrons. The molecule has 5 nitrogen and oxygen atoms in total. The van der Waals surface area contributed by atoms with Gasteiger partial charge in [0.25, 0.3) is 0 Å². The molecule has 5 heteroatoms. The third-order valence-electron chi connectivity index (χ3n) is 6.42. The molecule has 1 aliphatic heterocycles. The van der Waals surface area contributed by atoms with Crippen molar-refractivity contribution >= 4 is 0 Å². The lowest BCUT2D eigenvalue weighted by molar-refractivity contribution is 0.105. The highest BCUT2D eigenvalue weighted by Gasteiger charge is 2.28. The predicted molar refractivity (Wildman–Crippen MR) is 108 cm³/mol. The van der Waals surface area contributed by atoms with E-state index < -0.39 is 0 Å². The number of imidazole rings is 1. The summed E-state index contributed by atoms with van der Waals surface area (Å²) >= 11 is 0. The Morgan fingerprint density at radius 3 is 2.56 bits per heavy atom. The normalized spacial score (nSPS) is 19.9. The molecule has 2 aliphatic rings. The van der Waals surface area contributed by atoms with E-state index in [0.717, 1.165) is 37.4 Å². The molecule has 146 valence electrons. The third kappa shape index (κ3) is 4.96. The number of hydrogen-bond acceptors (Lipinski definition) is 4. The summed E-state index contributed by atoms with van der Waals surface area (Å²) in [6.07, 6.45) is 16.2. The van der Waals surface area contributed by atoms with Crippen LogP contribution < -0.4 is 0 Å². The van der Waals surface area contributed by atoms with Crippen molar-refractivity contribution in [3.8, 4) is 0 Å². The predicted octanol–water partition coefficient (Wildman–Crippen LogP) is 3.47. The van der Waals surface area contributed by atoms with Gasteiger partial charge in [0.15, 0.2) is 0 Å². The molecule has 4 rings (SSSR count). The Bertz CT molecular complexity index is 684. The molecule has 2 fully saturated rings. The summed E-state index contributed by atoms with van der Waals surface area (Å²) in [5.74, 6) is 1.93. The zero-order chi connectivity index (χ0) is 18.5. The van der Waals surface area contributed by atoms with Crippen molar-refractivity contribution in [3.05, 3.63) is 48.3 Å². The zero-order valence-corrected chi connectivity index (χ0v) is 16.6. The van der Waals surface area contributed by atoms with Crippen molar-refractivity contribution in [2.24, 2.45) is 13.0 Å². The Hall–Kier alpha value is -1.72. The molecule has 1 saturated heterocycles. The van der Waals surface area contributed by atoms with Crippen LogP contribution in [-0.2, 0) is 20.1 Å². The van der Waals surface area contributed by atoms with Crippen LogP contribution in [0.15, 0.2) is 36.9 Å². The quantitative estimate of drug-likeness (QED) is 0.751. The summed E-state index contributed by atoms with van der Waals surface area (Å²) in [5, 5.41) is 0. The number of aromatic nitrogens is 3. The van der Waals surface area contributed by atoms with Crippen LogP contribution in [0.4, 0.5) is 0 Å². The van der Waals surface area contributed by atoms with Crippen molar-refractivity contribution in [2.45, 2.75) is 57.7 Å². The molecule has 1 saturated carbocycles. The topological polar surface area (TPSA) is 37.2 Å². The number of aryl methyl sites for hydroxylation is 1. The molecule has 0 N–H and O–H groups in total. The van der Waals surface area contributed by atoms with Crippen LogP contribution in [0, 0.1) is 5.92 Å². The molecule has 1 aliphatic carbocycles. The van der Waals surface area contributed by atoms with Gasteiger partial charge in [-0.15, -0.1) is 0 Å². The lowest BCUT2D eigenvalue weighted by Crippen LogP contribution is -2.42. The minimum Gasteiger partial charge on any atom is -0.337 e. The first kappa shape index (κ1) is 18.6. The first-order valence-electron chi connectivity index (χ1n) is 10.6. The van der Waals surface area contributed by atoms with E-state index in [4.69, 9.17) is 0 Å². The second-order valence-corrected chi connectivity index (χ2v) is 8.40. The van der Waals surface area contributed by atoms with Crippen LogP contribution in [0.3, 0.4) is 0 Å². The lowest BCUT2D eigenvalue weighted by Gasteiger charge is -2.37. The fraction of sp³-hybridized carbons (Fsp3) is 0.636. The second kappa shape index (κ2) is 8.98. The van der Waals surface area contributed by atoms with Crippen LogP contribution in [0.1, 0.15) is 49.9 Å². The zero-order valence-electron chi connectivity index (χ0n) is 16.6. The molecular weight excluding hydrogens is 334 g/mol. The SMILES string of the molecule is Cn1ccnc1CN(Cc1cccnc1)CC1CCN(C2CCCC2)CC1. The van der Waals surface area contributed by atoms with E-state index in [1.54, 1.807) is 0 Å². The molecule has 2 aromatic rings. The molecular formula is C22H33N5. The van der Waals surface area contributed by atoms with Crippen LogP contribution >= 0.6 is 0 Å². The van der Waals surface area contributed by atoms with E-state index in [2.05, 4.69) is 37.4 Å². The summed E-state index contributed by atoms with van der Waals surface area (Å²) < 4.78 is 2.14. The van der Waals surface area contributed by atoms with Gasteiger partial charge in [0.1, 0.15) is 5.82 Å². The van der Waals surface area contributed by atoms with Gasteiger partial charge in [-0.05, 0) is 56.3 Å². The van der Waals surface area contributed by atoms with Crippen LogP contribution in [0.25, 0.3) is 0 Å². The van der Waals surface area contributed by atoms with E-state index in [1.807, 2.05) is 30.9 Å². The van der Waals surface area contributed by atoms with Crippen molar-refractivity contribution in [3.63, 3.8) is 0 Å². The van der Waals surface area contributed by atoms with Gasteiger partial charge in [-0.1, -0.05) is 18.9 Å². The van der Waals surface area contributed by atoms with Gasteiger partial charge in [-0.25, -0.2) is 4.98 Å². The number of nitrogens with zero attached hydrogens (tertiary/aromatic N) is 5. The molecule has 2 aromatic heterocycles. The summed E-state index contributed by atoms with van der Waals surface area (Å²) in [6.45, 7) is 5.59. The fourth-order valence-electron chi connectivity index (χ4n) is 4.82. The first-order valence-corrected chi connectivity index (χ1v) is 10.6. The Morgan fingerprint density at radius 1 is 1.07 bits per heavy atom. The molecule has 0 spiro atoms. The lowest BCUT2D eigenvalue weighted by atomic mass is 9.94. The van der Waals surface area contributed by atoms with Gasteiger partial charge in [0.2, 0.25) is 0 Å². The maximum atomic E-state index is 4.55. The highest BCUT2D eigenvalue weighted by Crippen LogP contribution is 2.28. The maximum absolute atomic E-state index is 4.55. The highest BCUT2D eigenvalue weighted by atomic mass is 15.2. The molecule has 27 heavy (non-hydrogen) atoms.